The van der Waals surface area contributed by atoms with Crippen molar-refractivity contribution in [3.05, 3.63) is 11.1 Å². The van der Waals surface area contributed by atoms with Crippen LogP contribution in [0.4, 0.5) is 5.13 Å². The van der Waals surface area contributed by atoms with Crippen LogP contribution in [0.25, 0.3) is 0 Å². The lowest BCUT2D eigenvalue weighted by Gasteiger charge is -2.30. The minimum atomic E-state index is 0.153. The summed E-state index contributed by atoms with van der Waals surface area (Å²) in [5, 5.41) is 7.57. The van der Waals surface area contributed by atoms with Crippen molar-refractivity contribution in [1.82, 2.24) is 10.3 Å². The molecule has 0 aromatic carbocycles. The van der Waals surface area contributed by atoms with E-state index in [2.05, 4.69) is 55.1 Å². The molecule has 1 N–H and O–H groups in total. The first kappa shape index (κ1) is 14.2. The summed E-state index contributed by atoms with van der Waals surface area (Å²) in [6.45, 7) is 12.0. The van der Waals surface area contributed by atoms with Gasteiger partial charge in [0.25, 0.3) is 0 Å². The molecule has 0 bridgehead atoms. The van der Waals surface area contributed by atoms with E-state index >= 15 is 0 Å². The Morgan fingerprint density at radius 1 is 1.50 bits per heavy atom. The predicted octanol–water partition coefficient (Wildman–Crippen LogP) is 2.97. The van der Waals surface area contributed by atoms with Crippen LogP contribution in [0.15, 0.2) is 5.38 Å². The molecule has 1 aromatic heterocycles. The smallest absolute Gasteiger partial charge is 0.185 e. The SMILES string of the molecule is CC1CN(c2nc(CNC(C)(C)C)cs2)CCS1. The molecule has 2 heterocycles. The third-order valence-corrected chi connectivity index (χ3v) is 4.94. The van der Waals surface area contributed by atoms with Crippen molar-refractivity contribution < 1.29 is 0 Å². The molecule has 0 radical (unpaired) electrons. The normalized spacial score (nSPS) is 21.3. The first-order valence-corrected chi connectivity index (χ1v) is 8.43. The van der Waals surface area contributed by atoms with Crippen LogP contribution in [0, 0.1) is 0 Å². The number of hydrogen-bond donors (Lipinski definition) is 1. The van der Waals surface area contributed by atoms with E-state index < -0.39 is 0 Å². The Bertz CT molecular complexity index is 384. The number of thioether (sulfide) groups is 1. The highest BCUT2D eigenvalue weighted by Gasteiger charge is 2.19. The number of aromatic nitrogens is 1. The fourth-order valence-electron chi connectivity index (χ4n) is 1.87. The van der Waals surface area contributed by atoms with Crippen molar-refractivity contribution in [2.75, 3.05) is 23.7 Å². The molecular weight excluding hydrogens is 262 g/mol. The largest absolute Gasteiger partial charge is 0.346 e. The summed E-state index contributed by atoms with van der Waals surface area (Å²) in [5.41, 5.74) is 1.32. The van der Waals surface area contributed by atoms with Gasteiger partial charge in [0.1, 0.15) is 0 Å². The van der Waals surface area contributed by atoms with Gasteiger partial charge in [0.15, 0.2) is 5.13 Å². The van der Waals surface area contributed by atoms with Crippen LogP contribution in [-0.4, -0.2) is 34.6 Å². The third-order valence-electron chi connectivity index (χ3n) is 2.85. The van der Waals surface area contributed by atoms with Crippen LogP contribution in [0.1, 0.15) is 33.4 Å². The summed E-state index contributed by atoms with van der Waals surface area (Å²) >= 11 is 3.83. The zero-order valence-electron chi connectivity index (χ0n) is 11.7. The number of rotatable bonds is 3. The Morgan fingerprint density at radius 3 is 2.94 bits per heavy atom. The molecular formula is C13H23N3S2. The summed E-state index contributed by atoms with van der Waals surface area (Å²) < 4.78 is 0. The van der Waals surface area contributed by atoms with E-state index in [-0.39, 0.29) is 5.54 Å². The van der Waals surface area contributed by atoms with E-state index in [0.717, 1.165) is 30.6 Å². The molecule has 1 fully saturated rings. The number of thiazole rings is 1. The van der Waals surface area contributed by atoms with Crippen LogP contribution >= 0.6 is 23.1 Å². The molecule has 3 nitrogen and oxygen atoms in total. The zero-order valence-corrected chi connectivity index (χ0v) is 13.3. The zero-order chi connectivity index (χ0) is 13.2. The van der Waals surface area contributed by atoms with Crippen molar-refractivity contribution in [3.8, 4) is 0 Å². The van der Waals surface area contributed by atoms with Crippen molar-refractivity contribution in [3.63, 3.8) is 0 Å². The van der Waals surface area contributed by atoms with E-state index in [0.29, 0.717) is 0 Å². The van der Waals surface area contributed by atoms with Crippen LogP contribution in [0.2, 0.25) is 0 Å². The molecule has 0 amide bonds. The molecule has 18 heavy (non-hydrogen) atoms. The van der Waals surface area contributed by atoms with Gasteiger partial charge in [-0.1, -0.05) is 6.92 Å². The average Bonchev–Trinajstić information content (AvgIpc) is 2.74. The van der Waals surface area contributed by atoms with Gasteiger partial charge in [-0.3, -0.25) is 0 Å². The minimum absolute atomic E-state index is 0.153. The summed E-state index contributed by atoms with van der Waals surface area (Å²) in [4.78, 5) is 7.17. The highest BCUT2D eigenvalue weighted by Crippen LogP contribution is 2.26. The molecule has 102 valence electrons. The van der Waals surface area contributed by atoms with Crippen molar-refractivity contribution in [2.24, 2.45) is 0 Å². The maximum absolute atomic E-state index is 4.74. The molecule has 5 heteroatoms. The van der Waals surface area contributed by atoms with Crippen LogP contribution in [-0.2, 0) is 6.54 Å². The standard InChI is InChI=1S/C13H23N3S2/c1-10-8-16(5-6-17-10)12-15-11(9-18-12)7-14-13(2,3)4/h9-10,14H,5-8H2,1-4H3. The molecule has 1 atom stereocenters. The summed E-state index contributed by atoms with van der Waals surface area (Å²) in [5.74, 6) is 1.22. The van der Waals surface area contributed by atoms with Gasteiger partial charge in [0.05, 0.1) is 5.69 Å². The van der Waals surface area contributed by atoms with Crippen molar-refractivity contribution >= 4 is 28.2 Å². The highest BCUT2D eigenvalue weighted by atomic mass is 32.2. The van der Waals surface area contributed by atoms with E-state index in [1.165, 1.54) is 10.9 Å². The van der Waals surface area contributed by atoms with Gasteiger partial charge in [-0.25, -0.2) is 4.98 Å². The Morgan fingerprint density at radius 2 is 2.28 bits per heavy atom. The van der Waals surface area contributed by atoms with E-state index in [1.807, 2.05) is 0 Å². The number of hydrogen-bond acceptors (Lipinski definition) is 5. The lowest BCUT2D eigenvalue weighted by atomic mass is 10.1. The Kier molecular flexibility index (Phi) is 4.56. The van der Waals surface area contributed by atoms with E-state index in [1.54, 1.807) is 11.3 Å². The second-order valence-electron chi connectivity index (χ2n) is 5.85. The number of nitrogens with zero attached hydrogens (tertiary/aromatic N) is 2. The summed E-state index contributed by atoms with van der Waals surface area (Å²) in [7, 11) is 0. The van der Waals surface area contributed by atoms with E-state index in [4.69, 9.17) is 4.98 Å². The lowest BCUT2D eigenvalue weighted by molar-refractivity contribution is 0.422. The predicted molar refractivity (Wildman–Crippen MR) is 82.8 cm³/mol. The van der Waals surface area contributed by atoms with Crippen LogP contribution in [0.3, 0.4) is 0 Å². The summed E-state index contributed by atoms with van der Waals surface area (Å²) in [6, 6.07) is 0. The Balaban J connectivity index is 1.93. The van der Waals surface area contributed by atoms with Gasteiger partial charge < -0.3 is 10.2 Å². The van der Waals surface area contributed by atoms with Gasteiger partial charge >= 0.3 is 0 Å². The quantitative estimate of drug-likeness (QED) is 0.924. The maximum atomic E-state index is 4.74. The van der Waals surface area contributed by atoms with Gasteiger partial charge in [0.2, 0.25) is 0 Å². The first-order valence-electron chi connectivity index (χ1n) is 6.50. The highest BCUT2D eigenvalue weighted by molar-refractivity contribution is 8.00. The minimum Gasteiger partial charge on any atom is -0.346 e. The van der Waals surface area contributed by atoms with Gasteiger partial charge in [-0.15, -0.1) is 11.3 Å². The molecule has 0 aliphatic carbocycles. The third kappa shape index (κ3) is 4.14. The van der Waals surface area contributed by atoms with Crippen molar-refractivity contribution in [1.29, 1.82) is 0 Å². The van der Waals surface area contributed by atoms with Gasteiger partial charge in [-0.2, -0.15) is 11.8 Å². The van der Waals surface area contributed by atoms with Crippen molar-refractivity contribution in [2.45, 2.75) is 45.0 Å². The summed E-state index contributed by atoms with van der Waals surface area (Å²) in [6.07, 6.45) is 0. The molecule has 1 saturated heterocycles. The van der Waals surface area contributed by atoms with Gasteiger partial charge in [0, 0.05) is 41.6 Å². The van der Waals surface area contributed by atoms with Gasteiger partial charge in [-0.05, 0) is 20.8 Å². The lowest BCUT2D eigenvalue weighted by Crippen LogP contribution is -2.37. The monoisotopic (exact) mass is 285 g/mol. The molecule has 1 aromatic rings. The average molecular weight is 285 g/mol. The first-order chi connectivity index (χ1) is 8.44. The second-order valence-corrected chi connectivity index (χ2v) is 8.24. The number of nitrogens with one attached hydrogen (secondary N) is 1. The second kappa shape index (κ2) is 5.80. The molecule has 2 rings (SSSR count). The van der Waals surface area contributed by atoms with E-state index in [9.17, 15) is 0 Å². The molecule has 1 aliphatic rings. The van der Waals surface area contributed by atoms with Crippen LogP contribution in [0.5, 0.6) is 0 Å². The molecule has 0 saturated carbocycles. The molecule has 0 spiro atoms. The fourth-order valence-corrected chi connectivity index (χ4v) is 3.75. The Hall–Kier alpha value is -0.260. The molecule has 1 aliphatic heterocycles. The topological polar surface area (TPSA) is 28.2 Å². The number of anilines is 1. The maximum Gasteiger partial charge on any atom is 0.185 e. The Labute approximate surface area is 118 Å². The molecule has 1 unspecified atom stereocenters. The fraction of sp³-hybridized carbons (Fsp3) is 0.769. The van der Waals surface area contributed by atoms with Crippen LogP contribution < -0.4 is 10.2 Å².